The van der Waals surface area contributed by atoms with Crippen LogP contribution in [0.4, 0.5) is 5.69 Å². The van der Waals surface area contributed by atoms with Crippen LogP contribution in [0, 0.1) is 3.57 Å². The monoisotopic (exact) mass is 492 g/mol. The van der Waals surface area contributed by atoms with Crippen molar-refractivity contribution in [2.75, 3.05) is 11.9 Å². The van der Waals surface area contributed by atoms with Crippen LogP contribution in [-0.4, -0.2) is 30.4 Å². The van der Waals surface area contributed by atoms with Gasteiger partial charge in [-0.05, 0) is 65.8 Å². The Kier molecular flexibility index (Phi) is 7.02. The number of anilines is 1. The van der Waals surface area contributed by atoms with Crippen LogP contribution in [0.2, 0.25) is 0 Å². The quantitative estimate of drug-likeness (QED) is 0.475. The Hall–Kier alpha value is -2.42. The van der Waals surface area contributed by atoms with Crippen LogP contribution in [0.25, 0.3) is 0 Å². The molecule has 0 aliphatic heterocycles. The zero-order valence-corrected chi connectivity index (χ0v) is 17.4. The molecule has 0 bridgehead atoms. The van der Waals surface area contributed by atoms with Gasteiger partial charge in [0.15, 0.2) is 6.61 Å². The zero-order valence-electron chi connectivity index (χ0n) is 15.2. The van der Waals surface area contributed by atoms with Crippen LogP contribution in [0.15, 0.2) is 48.5 Å². The number of para-hydroxylation sites is 1. The molecule has 0 radical (unpaired) electrons. The molecular weight excluding hydrogens is 471 g/mol. The lowest BCUT2D eigenvalue weighted by molar-refractivity contribution is -0.119. The van der Waals surface area contributed by atoms with Crippen molar-refractivity contribution in [3.05, 3.63) is 63.2 Å². The molecule has 2 aromatic carbocycles. The van der Waals surface area contributed by atoms with Gasteiger partial charge in [-0.1, -0.05) is 31.0 Å². The molecule has 0 spiro atoms. The highest BCUT2D eigenvalue weighted by Crippen LogP contribution is 2.20. The Bertz CT molecular complexity index is 878. The molecule has 28 heavy (non-hydrogen) atoms. The van der Waals surface area contributed by atoms with Crippen molar-refractivity contribution < 1.29 is 19.1 Å². The van der Waals surface area contributed by atoms with Crippen LogP contribution in [0.5, 0.6) is 0 Å². The van der Waals surface area contributed by atoms with E-state index in [1.807, 2.05) is 6.07 Å². The number of carbonyl (C=O) groups excluding carboxylic acids is 3. The second kappa shape index (κ2) is 9.68. The second-order valence-electron chi connectivity index (χ2n) is 6.64. The van der Waals surface area contributed by atoms with Crippen molar-refractivity contribution >= 4 is 46.1 Å². The van der Waals surface area contributed by atoms with Crippen LogP contribution in [-0.2, 0) is 9.53 Å². The molecule has 0 heterocycles. The molecule has 0 aromatic heterocycles. The van der Waals surface area contributed by atoms with Crippen LogP contribution in [0.3, 0.4) is 0 Å². The highest BCUT2D eigenvalue weighted by atomic mass is 127. The van der Waals surface area contributed by atoms with Gasteiger partial charge in [0, 0.05) is 9.61 Å². The van der Waals surface area contributed by atoms with Crippen LogP contribution < -0.4 is 10.6 Å². The zero-order chi connectivity index (χ0) is 19.9. The lowest BCUT2D eigenvalue weighted by Gasteiger charge is -2.15. The summed E-state index contributed by atoms with van der Waals surface area (Å²) < 4.78 is 5.97. The van der Waals surface area contributed by atoms with E-state index >= 15 is 0 Å². The van der Waals surface area contributed by atoms with Crippen molar-refractivity contribution in [1.29, 1.82) is 0 Å². The SMILES string of the molecule is O=C(COC(=O)c1cccc(I)c1)Nc1ccccc1C(=O)NC1CCCC1. The fraction of sp³-hybridized carbons (Fsp3) is 0.286. The van der Waals surface area contributed by atoms with Gasteiger partial charge in [-0.25, -0.2) is 4.79 Å². The first kappa shape index (κ1) is 20.3. The molecular formula is C21H21IN2O4. The number of ether oxygens (including phenoxy) is 1. The molecule has 0 unspecified atom stereocenters. The first-order valence-corrected chi connectivity index (χ1v) is 10.2. The molecule has 0 atom stereocenters. The minimum absolute atomic E-state index is 0.186. The number of halogens is 1. The smallest absolute Gasteiger partial charge is 0.338 e. The summed E-state index contributed by atoms with van der Waals surface area (Å²) >= 11 is 2.10. The largest absolute Gasteiger partial charge is 0.452 e. The fourth-order valence-electron chi connectivity index (χ4n) is 3.14. The average Bonchev–Trinajstić information content (AvgIpc) is 3.19. The van der Waals surface area contributed by atoms with E-state index in [2.05, 4.69) is 33.2 Å². The van der Waals surface area contributed by atoms with E-state index in [1.165, 1.54) is 0 Å². The van der Waals surface area contributed by atoms with E-state index in [9.17, 15) is 14.4 Å². The predicted molar refractivity (Wildman–Crippen MR) is 114 cm³/mol. The van der Waals surface area contributed by atoms with Crippen molar-refractivity contribution in [3.8, 4) is 0 Å². The molecule has 1 fully saturated rings. The van der Waals surface area contributed by atoms with Crippen molar-refractivity contribution in [2.45, 2.75) is 31.7 Å². The molecule has 2 N–H and O–H groups in total. The topological polar surface area (TPSA) is 84.5 Å². The molecule has 146 valence electrons. The highest BCUT2D eigenvalue weighted by molar-refractivity contribution is 14.1. The van der Waals surface area contributed by atoms with Crippen molar-refractivity contribution in [2.24, 2.45) is 0 Å². The predicted octanol–water partition coefficient (Wildman–Crippen LogP) is 3.76. The summed E-state index contributed by atoms with van der Waals surface area (Å²) in [5.74, 6) is -1.28. The van der Waals surface area contributed by atoms with Crippen molar-refractivity contribution in [1.82, 2.24) is 5.32 Å². The molecule has 1 aliphatic carbocycles. The third kappa shape index (κ3) is 5.54. The Morgan fingerprint density at radius 3 is 2.54 bits per heavy atom. The first-order chi connectivity index (χ1) is 13.5. The maximum absolute atomic E-state index is 12.5. The Morgan fingerprint density at radius 1 is 1.04 bits per heavy atom. The van der Waals surface area contributed by atoms with Gasteiger partial charge < -0.3 is 15.4 Å². The highest BCUT2D eigenvalue weighted by Gasteiger charge is 2.20. The van der Waals surface area contributed by atoms with Gasteiger partial charge in [-0.15, -0.1) is 0 Å². The molecule has 1 aliphatic rings. The summed E-state index contributed by atoms with van der Waals surface area (Å²) in [6, 6.07) is 13.9. The van der Waals surface area contributed by atoms with E-state index in [1.54, 1.807) is 42.5 Å². The number of amides is 2. The Balaban J connectivity index is 1.58. The van der Waals surface area contributed by atoms with Gasteiger partial charge in [0.2, 0.25) is 0 Å². The minimum atomic E-state index is -0.569. The third-order valence-corrected chi connectivity index (χ3v) is 5.20. The number of hydrogen-bond acceptors (Lipinski definition) is 4. The summed E-state index contributed by atoms with van der Waals surface area (Å²) in [5.41, 5.74) is 1.18. The molecule has 6 nitrogen and oxygen atoms in total. The molecule has 3 rings (SSSR count). The normalized spacial score (nSPS) is 13.8. The molecule has 2 aromatic rings. The van der Waals surface area contributed by atoms with Gasteiger partial charge in [0.25, 0.3) is 11.8 Å². The maximum atomic E-state index is 12.5. The van der Waals surface area contributed by atoms with Gasteiger partial charge in [0.1, 0.15) is 0 Å². The minimum Gasteiger partial charge on any atom is -0.452 e. The van der Waals surface area contributed by atoms with Gasteiger partial charge in [0.05, 0.1) is 16.8 Å². The lowest BCUT2D eigenvalue weighted by atomic mass is 10.1. The summed E-state index contributed by atoms with van der Waals surface area (Å²) in [5, 5.41) is 5.67. The number of carbonyl (C=O) groups is 3. The summed E-state index contributed by atoms with van der Waals surface area (Å²) in [4.78, 5) is 36.8. The Labute approximate surface area is 177 Å². The van der Waals surface area contributed by atoms with Crippen molar-refractivity contribution in [3.63, 3.8) is 0 Å². The summed E-state index contributed by atoms with van der Waals surface area (Å²) in [7, 11) is 0. The Morgan fingerprint density at radius 2 is 1.79 bits per heavy atom. The van der Waals surface area contributed by atoms with Gasteiger partial charge >= 0.3 is 5.97 Å². The number of rotatable bonds is 6. The number of hydrogen-bond donors (Lipinski definition) is 2. The standard InChI is InChI=1S/C21H21IN2O4/c22-15-7-5-6-14(12-15)21(27)28-13-19(25)24-18-11-4-3-10-17(18)20(26)23-16-8-1-2-9-16/h3-7,10-12,16H,1-2,8-9,13H2,(H,23,26)(H,24,25). The summed E-state index contributed by atoms with van der Waals surface area (Å²) in [6.45, 7) is -0.428. The third-order valence-electron chi connectivity index (χ3n) is 4.53. The van der Waals surface area contributed by atoms with E-state index < -0.39 is 18.5 Å². The number of esters is 1. The van der Waals surface area contributed by atoms with E-state index in [0.29, 0.717) is 16.8 Å². The van der Waals surface area contributed by atoms with Crippen LogP contribution >= 0.6 is 22.6 Å². The molecule has 2 amide bonds. The molecule has 1 saturated carbocycles. The summed E-state index contributed by atoms with van der Waals surface area (Å²) in [6.07, 6.45) is 4.20. The molecule has 7 heteroatoms. The first-order valence-electron chi connectivity index (χ1n) is 9.15. The van der Waals surface area contributed by atoms with Gasteiger partial charge in [-0.2, -0.15) is 0 Å². The number of nitrogens with one attached hydrogen (secondary N) is 2. The van der Waals surface area contributed by atoms with Gasteiger partial charge in [-0.3, -0.25) is 9.59 Å². The number of benzene rings is 2. The van der Waals surface area contributed by atoms with Crippen LogP contribution in [0.1, 0.15) is 46.4 Å². The fourth-order valence-corrected chi connectivity index (χ4v) is 3.68. The maximum Gasteiger partial charge on any atom is 0.338 e. The second-order valence-corrected chi connectivity index (χ2v) is 7.88. The lowest BCUT2D eigenvalue weighted by Crippen LogP contribution is -2.33. The average molecular weight is 492 g/mol. The molecule has 0 saturated heterocycles. The van der Waals surface area contributed by atoms with E-state index in [-0.39, 0.29) is 11.9 Å². The van der Waals surface area contributed by atoms with E-state index in [0.717, 1.165) is 29.3 Å². The van der Waals surface area contributed by atoms with E-state index in [4.69, 9.17) is 4.74 Å².